The van der Waals surface area contributed by atoms with Crippen molar-refractivity contribution in [1.82, 2.24) is 0 Å². The minimum atomic E-state index is -1.63. The molecule has 0 heterocycles. The largest absolute Gasteiger partial charge is 0.545 e. The Hall–Kier alpha value is -4.31. The topological polar surface area (TPSA) is 111 Å². The molecule has 0 N–H and O–H groups in total. The van der Waals surface area contributed by atoms with Gasteiger partial charge in [0.1, 0.15) is 13.2 Å². The summed E-state index contributed by atoms with van der Waals surface area (Å²) in [6.07, 6.45) is 110. The molecule has 9 heteroatoms. The van der Waals surface area contributed by atoms with Crippen LogP contribution in [0.3, 0.4) is 0 Å². The van der Waals surface area contributed by atoms with E-state index in [9.17, 15) is 19.5 Å². The first-order valence-electron chi connectivity index (χ1n) is 41.7. The fourth-order valence-electron chi connectivity index (χ4n) is 11.9. The number of carbonyl (C=O) groups is 3. The van der Waals surface area contributed by atoms with Gasteiger partial charge in [0.2, 0.25) is 0 Å². The van der Waals surface area contributed by atoms with E-state index in [2.05, 4.69) is 135 Å². The zero-order chi connectivity index (χ0) is 71.8. The van der Waals surface area contributed by atoms with Crippen molar-refractivity contribution in [2.75, 3.05) is 47.5 Å². The van der Waals surface area contributed by atoms with Crippen molar-refractivity contribution in [1.29, 1.82) is 0 Å². The number of allylic oxidation sites excluding steroid dienone is 20. The number of ether oxygens (including phenoxy) is 4. The summed E-state index contributed by atoms with van der Waals surface area (Å²) in [6.45, 7) is 4.66. The molecule has 0 bridgehead atoms. The Labute approximate surface area is 612 Å². The SMILES string of the molecule is CC/C=C\C/C=C\C/C=C\C/C=C\C/C=C\C/C=C\C/C=C\CCCCCCCCCCCCCCCC(=O)OC(COC(=O)CCCCCCCCCCCCCCCCCCCCCCCCCC/C=C\C/C=C\C/C=C\CCCCCCC)COC(OCC[N+](C)(C)C)C(=O)[O-]. The number of hydrogen-bond acceptors (Lipinski definition) is 8. The summed E-state index contributed by atoms with van der Waals surface area (Å²) in [7, 11) is 5.94. The monoisotopic (exact) mass is 1380 g/mol. The molecule has 0 amide bonds. The van der Waals surface area contributed by atoms with Crippen LogP contribution >= 0.6 is 0 Å². The molecule has 0 aliphatic rings. The molecule has 0 aliphatic heterocycles. The van der Waals surface area contributed by atoms with Crippen LogP contribution in [0.1, 0.15) is 373 Å². The molecule has 2 atom stereocenters. The number of nitrogens with zero attached hydrogens (tertiary/aromatic N) is 1. The number of carboxylic acids is 1. The van der Waals surface area contributed by atoms with E-state index < -0.39 is 24.3 Å². The lowest BCUT2D eigenvalue weighted by atomic mass is 10.0. The lowest BCUT2D eigenvalue weighted by Gasteiger charge is -2.26. The van der Waals surface area contributed by atoms with E-state index in [1.807, 2.05) is 21.1 Å². The van der Waals surface area contributed by atoms with Crippen LogP contribution in [-0.2, 0) is 33.3 Å². The maximum Gasteiger partial charge on any atom is 0.306 e. The van der Waals surface area contributed by atoms with Crippen molar-refractivity contribution in [3.63, 3.8) is 0 Å². The van der Waals surface area contributed by atoms with Gasteiger partial charge >= 0.3 is 11.9 Å². The maximum atomic E-state index is 13.0. The number of rotatable bonds is 77. The Morgan fingerprint density at radius 1 is 0.313 bits per heavy atom. The summed E-state index contributed by atoms with van der Waals surface area (Å²) in [5.74, 6) is -2.27. The molecule has 0 fully saturated rings. The van der Waals surface area contributed by atoms with E-state index in [1.165, 1.54) is 244 Å². The molecule has 0 saturated heterocycles. The van der Waals surface area contributed by atoms with E-state index in [4.69, 9.17) is 18.9 Å². The van der Waals surface area contributed by atoms with Gasteiger partial charge in [-0.2, -0.15) is 0 Å². The van der Waals surface area contributed by atoms with Crippen molar-refractivity contribution in [3.8, 4) is 0 Å². The van der Waals surface area contributed by atoms with Crippen LogP contribution in [0.2, 0.25) is 0 Å². The second-order valence-electron chi connectivity index (χ2n) is 29.0. The van der Waals surface area contributed by atoms with E-state index >= 15 is 0 Å². The van der Waals surface area contributed by atoms with Gasteiger partial charge in [-0.05, 0) is 109 Å². The highest BCUT2D eigenvalue weighted by atomic mass is 16.7. The van der Waals surface area contributed by atoms with Crippen molar-refractivity contribution in [2.24, 2.45) is 0 Å². The zero-order valence-corrected chi connectivity index (χ0v) is 65.3. The summed E-state index contributed by atoms with van der Waals surface area (Å²) < 4.78 is 22.9. The highest BCUT2D eigenvalue weighted by Gasteiger charge is 2.22. The van der Waals surface area contributed by atoms with Gasteiger partial charge in [-0.3, -0.25) is 9.59 Å². The molecule has 9 nitrogen and oxygen atoms in total. The highest BCUT2D eigenvalue weighted by Crippen LogP contribution is 2.19. The molecular formula is C90H157NO8. The van der Waals surface area contributed by atoms with Crippen LogP contribution in [-0.4, -0.2) is 82.3 Å². The Morgan fingerprint density at radius 2 is 0.576 bits per heavy atom. The van der Waals surface area contributed by atoms with Gasteiger partial charge in [0.15, 0.2) is 12.4 Å². The van der Waals surface area contributed by atoms with Gasteiger partial charge in [-0.25, -0.2) is 0 Å². The van der Waals surface area contributed by atoms with Crippen LogP contribution in [0.5, 0.6) is 0 Å². The summed E-state index contributed by atoms with van der Waals surface area (Å²) in [4.78, 5) is 37.6. The van der Waals surface area contributed by atoms with Gasteiger partial charge in [-0.1, -0.05) is 373 Å². The molecule has 0 rings (SSSR count). The van der Waals surface area contributed by atoms with Gasteiger partial charge in [0.25, 0.3) is 0 Å². The standard InChI is InChI=1S/C90H157NO8/c1-6-8-10-12-14-16-18-20-22-24-26-28-30-32-34-36-38-40-42-43-44-45-47-48-50-52-54-56-58-60-62-64-66-68-70-72-74-76-78-80-87(92)97-84-86(85-98-90(89(94)95)96-83-82-91(3,4)5)99-88(93)81-79-77-75-73-71-69-67-65-63-61-59-57-55-53-51-49-46-41-39-37-35-33-31-29-27-25-23-21-19-17-15-13-11-9-7-2/h9,11,15,17-18,20-21,23-24,26-27,29-30,32-33,35,39,41,49,51,86,90H,6-8,10,12-14,16,19,22,25,28,31,34,36-38,40,42-48,50,52-85H2,1-5H3/b11-9-,17-15-,20-18-,23-21-,26-24-,29-27-,32-30-,35-33-,41-39-,51-49-. The lowest BCUT2D eigenvalue weighted by molar-refractivity contribution is -0.870. The van der Waals surface area contributed by atoms with Gasteiger partial charge in [0.05, 0.1) is 40.3 Å². The number of carboxylic acid groups (broad SMARTS) is 1. The minimum absolute atomic E-state index is 0.145. The van der Waals surface area contributed by atoms with Crippen LogP contribution in [0, 0.1) is 0 Å². The number of unbranched alkanes of at least 4 members (excludes halogenated alkanes) is 42. The first-order chi connectivity index (χ1) is 48.6. The second kappa shape index (κ2) is 79.4. The Kier molecular flexibility index (Phi) is 75.9. The first kappa shape index (κ1) is 94.7. The number of likely N-dealkylation sites (N-methyl/N-ethyl adjacent to an activating group) is 1. The second-order valence-corrected chi connectivity index (χ2v) is 29.0. The third kappa shape index (κ3) is 80.9. The molecule has 0 spiro atoms. The smallest absolute Gasteiger partial charge is 0.306 e. The summed E-state index contributed by atoms with van der Waals surface area (Å²) >= 11 is 0. The van der Waals surface area contributed by atoms with E-state index in [-0.39, 0.29) is 32.2 Å². The van der Waals surface area contributed by atoms with Crippen LogP contribution in [0.25, 0.3) is 0 Å². The van der Waals surface area contributed by atoms with Crippen molar-refractivity contribution in [2.45, 2.75) is 386 Å². The number of hydrogen-bond donors (Lipinski definition) is 0. The van der Waals surface area contributed by atoms with Gasteiger partial charge in [-0.15, -0.1) is 0 Å². The van der Waals surface area contributed by atoms with E-state index in [1.54, 1.807) is 0 Å². The predicted octanol–water partition coefficient (Wildman–Crippen LogP) is 25.7. The fourth-order valence-corrected chi connectivity index (χ4v) is 11.9. The fraction of sp³-hybridized carbons (Fsp3) is 0.744. The normalized spacial score (nSPS) is 13.3. The molecule has 0 aromatic carbocycles. The number of esters is 2. The molecule has 0 aliphatic carbocycles. The van der Waals surface area contributed by atoms with Crippen LogP contribution in [0.15, 0.2) is 122 Å². The van der Waals surface area contributed by atoms with Gasteiger partial charge < -0.3 is 33.3 Å². The van der Waals surface area contributed by atoms with E-state index in [0.29, 0.717) is 23.9 Å². The van der Waals surface area contributed by atoms with Gasteiger partial charge in [0, 0.05) is 12.8 Å². The molecule has 0 radical (unpaired) electrons. The van der Waals surface area contributed by atoms with Crippen molar-refractivity contribution >= 4 is 17.9 Å². The average molecular weight is 1380 g/mol. The molecular weight excluding hydrogens is 1220 g/mol. The zero-order valence-electron chi connectivity index (χ0n) is 65.3. The lowest BCUT2D eigenvalue weighted by Crippen LogP contribution is -2.44. The minimum Gasteiger partial charge on any atom is -0.545 e. The summed E-state index contributed by atoms with van der Waals surface area (Å²) in [5, 5.41) is 11.9. The number of carbonyl (C=O) groups excluding carboxylic acids is 3. The van der Waals surface area contributed by atoms with Crippen molar-refractivity contribution < 1.29 is 42.9 Å². The number of aliphatic carboxylic acids is 1. The Bertz CT molecular complexity index is 2050. The first-order valence-corrected chi connectivity index (χ1v) is 41.7. The third-order valence-corrected chi connectivity index (χ3v) is 18.2. The molecule has 0 saturated carbocycles. The predicted molar refractivity (Wildman–Crippen MR) is 426 cm³/mol. The molecule has 99 heavy (non-hydrogen) atoms. The average Bonchev–Trinajstić information content (AvgIpc) is 1.16. The summed E-state index contributed by atoms with van der Waals surface area (Å²) in [5.41, 5.74) is 0. The molecule has 0 aromatic rings. The Balaban J connectivity index is 4.00. The van der Waals surface area contributed by atoms with E-state index in [0.717, 1.165) is 96.3 Å². The van der Waals surface area contributed by atoms with Crippen LogP contribution in [0.4, 0.5) is 0 Å². The quantitative estimate of drug-likeness (QED) is 0.0195. The summed E-state index contributed by atoms with van der Waals surface area (Å²) in [6, 6.07) is 0. The molecule has 570 valence electrons. The molecule has 2 unspecified atom stereocenters. The van der Waals surface area contributed by atoms with Crippen molar-refractivity contribution in [3.05, 3.63) is 122 Å². The maximum absolute atomic E-state index is 13.0. The number of quaternary nitrogens is 1. The molecule has 0 aromatic heterocycles. The van der Waals surface area contributed by atoms with Crippen LogP contribution < -0.4 is 5.11 Å². The highest BCUT2D eigenvalue weighted by molar-refractivity contribution is 5.70. The third-order valence-electron chi connectivity index (χ3n) is 18.2. The Morgan fingerprint density at radius 3 is 0.859 bits per heavy atom.